The number of hydrogen-bond donors (Lipinski definition) is 1. The van der Waals surface area contributed by atoms with Crippen LogP contribution >= 0.6 is 0 Å². The third kappa shape index (κ3) is 5.55. The van der Waals surface area contributed by atoms with Crippen LogP contribution in [0.2, 0.25) is 0 Å². The standard InChI is InChI=1S/C23H29N3O2S/c1-18(2)13-19(3)15-26(16-22-14-24-17-25-22)29(27,28)23-11-9-21(10-12-23)20-7-5-4-6-8-20/h4-12,14,17-19H,13,15-16H2,1-3H3,(H,24,25). The number of aromatic amines is 1. The average molecular weight is 412 g/mol. The van der Waals surface area contributed by atoms with E-state index in [0.29, 0.717) is 17.4 Å². The number of H-pyrrole nitrogens is 1. The van der Waals surface area contributed by atoms with Crippen LogP contribution in [0.3, 0.4) is 0 Å². The smallest absolute Gasteiger partial charge is 0.243 e. The first-order valence-electron chi connectivity index (χ1n) is 9.99. The Morgan fingerprint density at radius 1 is 0.966 bits per heavy atom. The lowest BCUT2D eigenvalue weighted by Crippen LogP contribution is -2.34. The molecule has 0 amide bonds. The van der Waals surface area contributed by atoms with Crippen molar-refractivity contribution in [3.63, 3.8) is 0 Å². The number of nitrogens with one attached hydrogen (secondary N) is 1. The summed E-state index contributed by atoms with van der Waals surface area (Å²) in [5, 5.41) is 0. The first-order chi connectivity index (χ1) is 13.9. The zero-order valence-corrected chi connectivity index (χ0v) is 18.1. The SMILES string of the molecule is CC(C)CC(C)CN(Cc1cnc[nH]1)S(=O)(=O)c1ccc(-c2ccccc2)cc1. The van der Waals surface area contributed by atoms with Gasteiger partial charge in [0.05, 0.1) is 17.8 Å². The number of rotatable bonds is 9. The number of nitrogens with zero attached hydrogens (tertiary/aromatic N) is 2. The van der Waals surface area contributed by atoms with Gasteiger partial charge in [-0.15, -0.1) is 0 Å². The Morgan fingerprint density at radius 2 is 1.62 bits per heavy atom. The van der Waals surface area contributed by atoms with E-state index in [2.05, 4.69) is 30.7 Å². The number of sulfonamides is 1. The van der Waals surface area contributed by atoms with Crippen molar-refractivity contribution < 1.29 is 8.42 Å². The Labute approximate surface area is 173 Å². The largest absolute Gasteiger partial charge is 0.347 e. The molecule has 0 spiro atoms. The van der Waals surface area contributed by atoms with Crippen molar-refractivity contribution in [1.82, 2.24) is 14.3 Å². The minimum absolute atomic E-state index is 0.260. The maximum Gasteiger partial charge on any atom is 0.243 e. The highest BCUT2D eigenvalue weighted by Gasteiger charge is 2.27. The van der Waals surface area contributed by atoms with Crippen LogP contribution < -0.4 is 0 Å². The minimum atomic E-state index is -3.62. The van der Waals surface area contributed by atoms with E-state index >= 15 is 0 Å². The van der Waals surface area contributed by atoms with Gasteiger partial charge in [-0.2, -0.15) is 4.31 Å². The predicted octanol–water partition coefficient (Wildman–Crippen LogP) is 4.95. The average Bonchev–Trinajstić information content (AvgIpc) is 3.21. The highest BCUT2D eigenvalue weighted by Crippen LogP contribution is 2.25. The molecule has 1 N–H and O–H groups in total. The molecule has 0 fully saturated rings. The van der Waals surface area contributed by atoms with Gasteiger partial charge in [0.2, 0.25) is 10.0 Å². The van der Waals surface area contributed by atoms with Gasteiger partial charge >= 0.3 is 0 Å². The Balaban J connectivity index is 1.86. The number of hydrogen-bond acceptors (Lipinski definition) is 3. The molecule has 0 aliphatic heterocycles. The second-order valence-corrected chi connectivity index (χ2v) is 9.94. The molecular formula is C23H29N3O2S. The van der Waals surface area contributed by atoms with Gasteiger partial charge in [-0.1, -0.05) is 63.2 Å². The van der Waals surface area contributed by atoms with Crippen LogP contribution in [0, 0.1) is 11.8 Å². The summed E-state index contributed by atoms with van der Waals surface area (Å²) >= 11 is 0. The van der Waals surface area contributed by atoms with Gasteiger partial charge in [-0.05, 0) is 41.5 Å². The highest BCUT2D eigenvalue weighted by atomic mass is 32.2. The molecule has 6 heteroatoms. The van der Waals surface area contributed by atoms with Crippen molar-refractivity contribution in [1.29, 1.82) is 0 Å². The van der Waals surface area contributed by atoms with E-state index in [1.165, 1.54) is 0 Å². The molecule has 0 radical (unpaired) electrons. The Hall–Kier alpha value is -2.44. The first-order valence-corrected chi connectivity index (χ1v) is 11.4. The fourth-order valence-corrected chi connectivity index (χ4v) is 5.17. The van der Waals surface area contributed by atoms with Crippen LogP contribution in [-0.2, 0) is 16.6 Å². The minimum Gasteiger partial charge on any atom is -0.347 e. The van der Waals surface area contributed by atoms with Crippen molar-refractivity contribution in [2.45, 2.75) is 38.6 Å². The molecule has 1 atom stereocenters. The Morgan fingerprint density at radius 3 is 2.21 bits per heavy atom. The zero-order chi connectivity index (χ0) is 20.9. The van der Waals surface area contributed by atoms with E-state index in [1.54, 1.807) is 29.0 Å². The predicted molar refractivity (Wildman–Crippen MR) is 117 cm³/mol. The number of imidazole rings is 1. The monoisotopic (exact) mass is 411 g/mol. The topological polar surface area (TPSA) is 66.1 Å². The summed E-state index contributed by atoms with van der Waals surface area (Å²) < 4.78 is 28.4. The van der Waals surface area contributed by atoms with Crippen molar-refractivity contribution in [2.75, 3.05) is 6.54 Å². The summed E-state index contributed by atoms with van der Waals surface area (Å²) in [5.74, 6) is 0.781. The second kappa shape index (κ2) is 9.37. The van der Waals surface area contributed by atoms with Crippen LogP contribution in [0.5, 0.6) is 0 Å². The van der Waals surface area contributed by atoms with Gasteiger partial charge in [-0.3, -0.25) is 0 Å². The third-order valence-electron chi connectivity index (χ3n) is 4.89. The van der Waals surface area contributed by atoms with Crippen LogP contribution in [-0.4, -0.2) is 29.2 Å². The summed E-state index contributed by atoms with van der Waals surface area (Å²) in [6.07, 6.45) is 4.22. The Kier molecular flexibility index (Phi) is 6.87. The zero-order valence-electron chi connectivity index (χ0n) is 17.2. The maximum atomic E-state index is 13.4. The van der Waals surface area contributed by atoms with Gasteiger partial charge in [0.15, 0.2) is 0 Å². The summed E-state index contributed by atoms with van der Waals surface area (Å²) in [5.41, 5.74) is 2.85. The van der Waals surface area contributed by atoms with Crippen LogP contribution in [0.15, 0.2) is 72.0 Å². The summed E-state index contributed by atoms with van der Waals surface area (Å²) in [6.45, 7) is 7.18. The van der Waals surface area contributed by atoms with E-state index in [1.807, 2.05) is 42.5 Å². The molecule has 29 heavy (non-hydrogen) atoms. The van der Waals surface area contributed by atoms with Crippen molar-refractivity contribution in [3.05, 3.63) is 72.8 Å². The molecule has 1 heterocycles. The number of benzene rings is 2. The van der Waals surface area contributed by atoms with Crippen LogP contribution in [0.4, 0.5) is 0 Å². The van der Waals surface area contributed by atoms with Crippen LogP contribution in [0.1, 0.15) is 32.9 Å². The third-order valence-corrected chi connectivity index (χ3v) is 6.72. The molecule has 0 bridgehead atoms. The molecule has 2 aromatic carbocycles. The fraction of sp³-hybridized carbons (Fsp3) is 0.348. The lowest BCUT2D eigenvalue weighted by atomic mass is 9.99. The normalized spacial score (nSPS) is 13.1. The quantitative estimate of drug-likeness (QED) is 0.542. The van der Waals surface area contributed by atoms with Crippen LogP contribution in [0.25, 0.3) is 11.1 Å². The van der Waals surface area contributed by atoms with Gasteiger partial charge in [0.25, 0.3) is 0 Å². The van der Waals surface area contributed by atoms with Gasteiger partial charge in [0, 0.05) is 18.4 Å². The van der Waals surface area contributed by atoms with E-state index in [-0.39, 0.29) is 12.5 Å². The van der Waals surface area contributed by atoms with E-state index in [9.17, 15) is 8.42 Å². The summed E-state index contributed by atoms with van der Waals surface area (Å²) in [6, 6.07) is 17.1. The molecule has 0 saturated heterocycles. The molecular weight excluding hydrogens is 382 g/mol. The number of aromatic nitrogens is 2. The molecule has 5 nitrogen and oxygen atoms in total. The van der Waals surface area contributed by atoms with Crippen molar-refractivity contribution in [2.24, 2.45) is 11.8 Å². The van der Waals surface area contributed by atoms with Crippen molar-refractivity contribution in [3.8, 4) is 11.1 Å². The molecule has 3 rings (SSSR count). The first kappa shape index (κ1) is 21.3. The lowest BCUT2D eigenvalue weighted by Gasteiger charge is -2.26. The van der Waals surface area contributed by atoms with Gasteiger partial charge < -0.3 is 4.98 Å². The molecule has 0 saturated carbocycles. The molecule has 3 aromatic rings. The molecule has 1 unspecified atom stereocenters. The van der Waals surface area contributed by atoms with Crippen molar-refractivity contribution >= 4 is 10.0 Å². The molecule has 1 aromatic heterocycles. The highest BCUT2D eigenvalue weighted by molar-refractivity contribution is 7.89. The van der Waals surface area contributed by atoms with Gasteiger partial charge in [-0.25, -0.2) is 13.4 Å². The van der Waals surface area contributed by atoms with Gasteiger partial charge in [0.1, 0.15) is 0 Å². The lowest BCUT2D eigenvalue weighted by molar-refractivity contribution is 0.315. The summed E-state index contributed by atoms with van der Waals surface area (Å²) in [4.78, 5) is 7.36. The Bertz CT molecular complexity index is 982. The van der Waals surface area contributed by atoms with E-state index in [0.717, 1.165) is 23.2 Å². The molecule has 0 aliphatic rings. The molecule has 154 valence electrons. The van der Waals surface area contributed by atoms with E-state index < -0.39 is 10.0 Å². The summed E-state index contributed by atoms with van der Waals surface area (Å²) in [7, 11) is -3.62. The molecule has 0 aliphatic carbocycles. The maximum absolute atomic E-state index is 13.4. The second-order valence-electron chi connectivity index (χ2n) is 8.00. The fourth-order valence-electron chi connectivity index (χ4n) is 3.63. The van der Waals surface area contributed by atoms with E-state index in [4.69, 9.17) is 0 Å².